The van der Waals surface area contributed by atoms with Gasteiger partial charge in [-0.3, -0.25) is 4.79 Å². The van der Waals surface area contributed by atoms with Crippen molar-refractivity contribution in [3.8, 4) is 0 Å². The molecule has 5 heterocycles. The fourth-order valence-corrected chi connectivity index (χ4v) is 3.69. The van der Waals surface area contributed by atoms with Gasteiger partial charge in [0.1, 0.15) is 23.5 Å². The Balaban J connectivity index is 1.35. The summed E-state index contributed by atoms with van der Waals surface area (Å²) in [5.41, 5.74) is 2.21. The molecular formula is C19H20N8O. The van der Waals surface area contributed by atoms with Crippen LogP contribution >= 0.6 is 0 Å². The summed E-state index contributed by atoms with van der Waals surface area (Å²) in [5.74, 6) is 1.52. The molecule has 0 atom stereocenters. The number of amides is 1. The minimum Gasteiger partial charge on any atom is -0.353 e. The molecular weight excluding hydrogens is 356 g/mol. The van der Waals surface area contributed by atoms with E-state index in [0.717, 1.165) is 35.6 Å². The fourth-order valence-electron chi connectivity index (χ4n) is 3.69. The van der Waals surface area contributed by atoms with Gasteiger partial charge in [-0.05, 0) is 25.1 Å². The number of hydrogen-bond acceptors (Lipinski definition) is 6. The van der Waals surface area contributed by atoms with Crippen LogP contribution < -0.4 is 4.90 Å². The summed E-state index contributed by atoms with van der Waals surface area (Å²) in [7, 11) is 1.93. The molecule has 1 aliphatic heterocycles. The molecule has 4 aromatic rings. The van der Waals surface area contributed by atoms with Crippen LogP contribution in [0.1, 0.15) is 16.2 Å². The predicted octanol–water partition coefficient (Wildman–Crippen LogP) is 1.28. The lowest BCUT2D eigenvalue weighted by molar-refractivity contribution is 0.0741. The first-order valence-corrected chi connectivity index (χ1v) is 9.24. The molecule has 0 radical (unpaired) electrons. The van der Waals surface area contributed by atoms with Crippen molar-refractivity contribution in [1.82, 2.24) is 34.0 Å². The Kier molecular flexibility index (Phi) is 3.75. The first-order chi connectivity index (χ1) is 13.6. The van der Waals surface area contributed by atoms with Crippen molar-refractivity contribution in [2.45, 2.75) is 6.92 Å². The second-order valence-corrected chi connectivity index (χ2v) is 7.04. The van der Waals surface area contributed by atoms with Crippen molar-refractivity contribution in [3.05, 3.63) is 48.2 Å². The van der Waals surface area contributed by atoms with Crippen molar-refractivity contribution in [2.75, 3.05) is 31.1 Å². The van der Waals surface area contributed by atoms with E-state index in [1.165, 1.54) is 6.33 Å². The Morgan fingerprint density at radius 3 is 2.71 bits per heavy atom. The van der Waals surface area contributed by atoms with Gasteiger partial charge in [-0.15, -0.1) is 0 Å². The van der Waals surface area contributed by atoms with E-state index in [4.69, 9.17) is 0 Å². The van der Waals surface area contributed by atoms with Gasteiger partial charge in [-0.2, -0.15) is 14.6 Å². The van der Waals surface area contributed by atoms with E-state index in [0.29, 0.717) is 24.6 Å². The first-order valence-electron chi connectivity index (χ1n) is 9.24. The summed E-state index contributed by atoms with van der Waals surface area (Å²) in [6.07, 6.45) is 3.46. The molecule has 5 rings (SSSR count). The number of aryl methyl sites for hydroxylation is 2. The van der Waals surface area contributed by atoms with Crippen LogP contribution in [0, 0.1) is 6.92 Å². The highest BCUT2D eigenvalue weighted by Crippen LogP contribution is 2.19. The summed E-state index contributed by atoms with van der Waals surface area (Å²) in [6, 6.07) is 7.76. The lowest BCUT2D eigenvalue weighted by Crippen LogP contribution is -2.49. The van der Waals surface area contributed by atoms with E-state index >= 15 is 0 Å². The van der Waals surface area contributed by atoms with Crippen molar-refractivity contribution in [1.29, 1.82) is 0 Å². The Hall–Kier alpha value is -3.49. The number of piperazine rings is 1. The standard InChI is InChI=1S/C19H20N8O/c1-13-11-16(27-19(22-13)20-12-21-27)25-7-9-26(10-8-25)18(28)15-4-3-14-5-6-24(2)17(14)23-15/h3-6,11-12H,7-10H2,1-2H3. The minimum atomic E-state index is -0.0282. The number of fused-ring (bicyclic) bond motifs is 2. The molecule has 0 N–H and O–H groups in total. The monoisotopic (exact) mass is 376 g/mol. The van der Waals surface area contributed by atoms with Gasteiger partial charge in [0, 0.05) is 56.6 Å². The maximum absolute atomic E-state index is 12.9. The summed E-state index contributed by atoms with van der Waals surface area (Å²) >= 11 is 0. The molecule has 0 saturated carbocycles. The molecule has 0 aromatic carbocycles. The third-order valence-electron chi connectivity index (χ3n) is 5.19. The number of carbonyl (C=O) groups is 1. The summed E-state index contributed by atoms with van der Waals surface area (Å²) < 4.78 is 3.68. The van der Waals surface area contributed by atoms with E-state index in [1.54, 1.807) is 4.52 Å². The zero-order valence-electron chi connectivity index (χ0n) is 15.8. The fraction of sp³-hybridized carbons (Fsp3) is 0.316. The van der Waals surface area contributed by atoms with Gasteiger partial charge in [0.2, 0.25) is 0 Å². The molecule has 28 heavy (non-hydrogen) atoms. The zero-order chi connectivity index (χ0) is 19.3. The number of carbonyl (C=O) groups excluding carboxylic acids is 1. The summed E-state index contributed by atoms with van der Waals surface area (Å²) in [5, 5.41) is 5.31. The van der Waals surface area contributed by atoms with E-state index in [2.05, 4.69) is 25.0 Å². The Morgan fingerprint density at radius 1 is 1.07 bits per heavy atom. The van der Waals surface area contributed by atoms with Crippen LogP contribution in [0.4, 0.5) is 5.82 Å². The molecule has 1 amide bonds. The molecule has 1 aliphatic rings. The number of aromatic nitrogens is 6. The molecule has 0 aliphatic carbocycles. The Labute approximate surface area is 161 Å². The van der Waals surface area contributed by atoms with E-state index in [-0.39, 0.29) is 5.91 Å². The second-order valence-electron chi connectivity index (χ2n) is 7.04. The summed E-state index contributed by atoms with van der Waals surface area (Å²) in [6.45, 7) is 4.64. The van der Waals surface area contributed by atoms with Crippen LogP contribution in [0.15, 0.2) is 36.8 Å². The molecule has 9 nitrogen and oxygen atoms in total. The molecule has 0 spiro atoms. The largest absolute Gasteiger partial charge is 0.353 e. The highest BCUT2D eigenvalue weighted by atomic mass is 16.2. The van der Waals surface area contributed by atoms with Crippen LogP contribution in [-0.4, -0.2) is 66.1 Å². The van der Waals surface area contributed by atoms with Crippen LogP contribution in [0.3, 0.4) is 0 Å². The van der Waals surface area contributed by atoms with Crippen molar-refractivity contribution >= 4 is 28.5 Å². The Morgan fingerprint density at radius 2 is 1.89 bits per heavy atom. The van der Waals surface area contributed by atoms with E-state index in [1.807, 2.05) is 53.9 Å². The lowest BCUT2D eigenvalue weighted by atomic mass is 10.2. The van der Waals surface area contributed by atoms with Crippen LogP contribution in [0.5, 0.6) is 0 Å². The number of hydrogen-bond donors (Lipinski definition) is 0. The number of anilines is 1. The first kappa shape index (κ1) is 16.7. The van der Waals surface area contributed by atoms with Crippen LogP contribution in [0.2, 0.25) is 0 Å². The third kappa shape index (κ3) is 2.67. The third-order valence-corrected chi connectivity index (χ3v) is 5.19. The van der Waals surface area contributed by atoms with E-state index in [9.17, 15) is 4.79 Å². The molecule has 9 heteroatoms. The topological polar surface area (TPSA) is 84.5 Å². The van der Waals surface area contributed by atoms with E-state index < -0.39 is 0 Å². The second kappa shape index (κ2) is 6.29. The predicted molar refractivity (Wildman–Crippen MR) is 104 cm³/mol. The molecule has 0 bridgehead atoms. The smallest absolute Gasteiger partial charge is 0.272 e. The molecule has 4 aromatic heterocycles. The molecule has 0 unspecified atom stereocenters. The summed E-state index contributed by atoms with van der Waals surface area (Å²) in [4.78, 5) is 30.2. The van der Waals surface area contributed by atoms with Gasteiger partial charge in [-0.1, -0.05) is 0 Å². The lowest BCUT2D eigenvalue weighted by Gasteiger charge is -2.35. The number of rotatable bonds is 2. The van der Waals surface area contributed by atoms with Gasteiger partial charge in [0.05, 0.1) is 0 Å². The van der Waals surface area contributed by atoms with Gasteiger partial charge < -0.3 is 14.4 Å². The zero-order valence-corrected chi connectivity index (χ0v) is 15.8. The quantitative estimate of drug-likeness (QED) is 0.524. The van der Waals surface area contributed by atoms with Gasteiger partial charge in [0.25, 0.3) is 11.7 Å². The van der Waals surface area contributed by atoms with Crippen LogP contribution in [0.25, 0.3) is 16.8 Å². The molecule has 142 valence electrons. The maximum Gasteiger partial charge on any atom is 0.272 e. The Bertz CT molecular complexity index is 1190. The highest BCUT2D eigenvalue weighted by Gasteiger charge is 2.25. The number of nitrogens with zero attached hydrogens (tertiary/aromatic N) is 8. The SMILES string of the molecule is Cc1cc(N2CCN(C(=O)c3ccc4ccn(C)c4n3)CC2)n2ncnc2n1. The van der Waals surface area contributed by atoms with Gasteiger partial charge in [-0.25, -0.2) is 9.97 Å². The average Bonchev–Trinajstić information content (AvgIpc) is 3.33. The van der Waals surface area contributed by atoms with Crippen molar-refractivity contribution in [2.24, 2.45) is 7.05 Å². The average molecular weight is 376 g/mol. The normalized spacial score (nSPS) is 14.9. The minimum absolute atomic E-state index is 0.0282. The van der Waals surface area contributed by atoms with Gasteiger partial charge >= 0.3 is 0 Å². The highest BCUT2D eigenvalue weighted by molar-refractivity contribution is 5.94. The van der Waals surface area contributed by atoms with Crippen molar-refractivity contribution < 1.29 is 4.79 Å². The molecule has 1 saturated heterocycles. The van der Waals surface area contributed by atoms with Crippen molar-refractivity contribution in [3.63, 3.8) is 0 Å². The van der Waals surface area contributed by atoms with Crippen LogP contribution in [-0.2, 0) is 7.05 Å². The maximum atomic E-state index is 12.9. The number of pyridine rings is 1. The van der Waals surface area contributed by atoms with Gasteiger partial charge in [0.15, 0.2) is 0 Å². The molecule has 1 fully saturated rings.